The van der Waals surface area contributed by atoms with Crippen LogP contribution < -0.4 is 5.32 Å². The smallest absolute Gasteiger partial charge is 0.229 e. The van der Waals surface area contributed by atoms with Gasteiger partial charge in [-0.15, -0.1) is 0 Å². The normalized spacial score (nSPS) is 14.2. The number of carbonyl (C=O) groups is 3. The highest BCUT2D eigenvalue weighted by atomic mass is 16.3. The molecule has 1 aliphatic rings. The Hall–Kier alpha value is -2.96. The zero-order valence-corrected chi connectivity index (χ0v) is 13.7. The van der Waals surface area contributed by atoms with E-state index in [1.807, 2.05) is 30.3 Å². The van der Waals surface area contributed by atoms with Crippen molar-refractivity contribution in [3.8, 4) is 11.5 Å². The Morgan fingerprint density at radius 2 is 1.88 bits per heavy atom. The van der Waals surface area contributed by atoms with Crippen LogP contribution in [0.4, 0.5) is 0 Å². The summed E-state index contributed by atoms with van der Waals surface area (Å²) >= 11 is 0. The second kappa shape index (κ2) is 7.74. The SMILES string of the molecule is O=C(CCN1C(=O)CCC1=O)NCCc1coc(-c2ccccc2)n1. The predicted molar refractivity (Wildman–Crippen MR) is 89.2 cm³/mol. The molecule has 2 heterocycles. The summed E-state index contributed by atoms with van der Waals surface area (Å²) in [4.78, 5) is 40.3. The fraction of sp³-hybridized carbons (Fsp3) is 0.333. The Kier molecular flexibility index (Phi) is 5.23. The van der Waals surface area contributed by atoms with E-state index in [0.29, 0.717) is 18.9 Å². The van der Waals surface area contributed by atoms with Crippen LogP contribution in [-0.2, 0) is 20.8 Å². The van der Waals surface area contributed by atoms with Crippen LogP contribution in [0.25, 0.3) is 11.5 Å². The molecule has 7 nitrogen and oxygen atoms in total. The molecule has 0 atom stereocenters. The largest absolute Gasteiger partial charge is 0.444 e. The third-order valence-electron chi connectivity index (χ3n) is 3.99. The van der Waals surface area contributed by atoms with E-state index in [-0.39, 0.29) is 43.5 Å². The molecule has 7 heteroatoms. The molecule has 25 heavy (non-hydrogen) atoms. The van der Waals surface area contributed by atoms with Crippen LogP contribution in [0.1, 0.15) is 25.0 Å². The summed E-state index contributed by atoms with van der Waals surface area (Å²) in [6.45, 7) is 0.563. The van der Waals surface area contributed by atoms with E-state index in [4.69, 9.17) is 4.42 Å². The fourth-order valence-corrected chi connectivity index (χ4v) is 2.64. The zero-order valence-electron chi connectivity index (χ0n) is 13.7. The Bertz CT molecular complexity index is 754. The van der Waals surface area contributed by atoms with Crippen LogP contribution in [0.3, 0.4) is 0 Å². The molecule has 0 saturated carbocycles. The van der Waals surface area contributed by atoms with Gasteiger partial charge in [-0.2, -0.15) is 0 Å². The monoisotopic (exact) mass is 341 g/mol. The van der Waals surface area contributed by atoms with Crippen LogP contribution >= 0.6 is 0 Å². The first-order valence-corrected chi connectivity index (χ1v) is 8.23. The molecule has 1 N–H and O–H groups in total. The van der Waals surface area contributed by atoms with Crippen molar-refractivity contribution in [1.82, 2.24) is 15.2 Å². The highest BCUT2D eigenvalue weighted by Gasteiger charge is 2.28. The molecule has 3 rings (SSSR count). The molecule has 1 aliphatic heterocycles. The number of imide groups is 1. The quantitative estimate of drug-likeness (QED) is 0.771. The third kappa shape index (κ3) is 4.32. The van der Waals surface area contributed by atoms with Crippen molar-refractivity contribution in [3.05, 3.63) is 42.3 Å². The first-order valence-electron chi connectivity index (χ1n) is 8.23. The number of amides is 3. The Morgan fingerprint density at radius 3 is 2.60 bits per heavy atom. The lowest BCUT2D eigenvalue weighted by Gasteiger charge is -2.13. The molecule has 0 aliphatic carbocycles. The van der Waals surface area contributed by atoms with E-state index in [9.17, 15) is 14.4 Å². The van der Waals surface area contributed by atoms with E-state index < -0.39 is 0 Å². The van der Waals surface area contributed by atoms with E-state index in [1.165, 1.54) is 0 Å². The van der Waals surface area contributed by atoms with Gasteiger partial charge in [-0.1, -0.05) is 18.2 Å². The molecule has 1 aromatic carbocycles. The van der Waals surface area contributed by atoms with Crippen molar-refractivity contribution < 1.29 is 18.8 Å². The maximum atomic E-state index is 11.8. The van der Waals surface area contributed by atoms with Crippen LogP contribution in [0.15, 0.2) is 41.0 Å². The van der Waals surface area contributed by atoms with Gasteiger partial charge >= 0.3 is 0 Å². The predicted octanol–water partition coefficient (Wildman–Crippen LogP) is 1.54. The fourth-order valence-electron chi connectivity index (χ4n) is 2.64. The lowest BCUT2D eigenvalue weighted by Crippen LogP contribution is -2.34. The second-order valence-corrected chi connectivity index (χ2v) is 5.80. The Labute approximate surface area is 145 Å². The topological polar surface area (TPSA) is 92.5 Å². The van der Waals surface area contributed by atoms with Crippen LogP contribution in [-0.4, -0.2) is 40.7 Å². The number of aromatic nitrogens is 1. The number of nitrogens with zero attached hydrogens (tertiary/aromatic N) is 2. The molecule has 2 aromatic rings. The number of likely N-dealkylation sites (tertiary alicyclic amines) is 1. The molecule has 0 spiro atoms. The Balaban J connectivity index is 1.41. The minimum Gasteiger partial charge on any atom is -0.444 e. The summed E-state index contributed by atoms with van der Waals surface area (Å²) in [7, 11) is 0. The first kappa shape index (κ1) is 16.9. The van der Waals surface area contributed by atoms with Crippen molar-refractivity contribution in [2.75, 3.05) is 13.1 Å². The van der Waals surface area contributed by atoms with Gasteiger partial charge < -0.3 is 9.73 Å². The zero-order chi connectivity index (χ0) is 17.6. The summed E-state index contributed by atoms with van der Waals surface area (Å²) in [5, 5.41) is 2.76. The Morgan fingerprint density at radius 1 is 1.16 bits per heavy atom. The summed E-state index contributed by atoms with van der Waals surface area (Å²) in [6.07, 6.45) is 2.73. The van der Waals surface area contributed by atoms with Crippen LogP contribution in [0.2, 0.25) is 0 Å². The summed E-state index contributed by atoms with van der Waals surface area (Å²) in [5.41, 5.74) is 1.65. The van der Waals surface area contributed by atoms with E-state index >= 15 is 0 Å². The maximum Gasteiger partial charge on any atom is 0.229 e. The molecule has 0 bridgehead atoms. The molecule has 1 fully saturated rings. The average Bonchev–Trinajstić information content (AvgIpc) is 3.21. The molecular weight excluding hydrogens is 322 g/mol. The molecule has 1 saturated heterocycles. The van der Waals surface area contributed by atoms with Gasteiger partial charge in [-0.25, -0.2) is 4.98 Å². The lowest BCUT2D eigenvalue weighted by molar-refractivity contribution is -0.138. The number of rotatable bonds is 7. The lowest BCUT2D eigenvalue weighted by atomic mass is 10.2. The number of nitrogens with one attached hydrogen (secondary N) is 1. The van der Waals surface area contributed by atoms with Crippen molar-refractivity contribution in [2.45, 2.75) is 25.7 Å². The summed E-state index contributed by atoms with van der Waals surface area (Å²) < 4.78 is 5.44. The van der Waals surface area contributed by atoms with Crippen molar-refractivity contribution in [3.63, 3.8) is 0 Å². The standard InChI is InChI=1S/C18H19N3O4/c22-15(9-11-21-16(23)6-7-17(21)24)19-10-8-14-12-25-18(20-14)13-4-2-1-3-5-13/h1-5,12H,6-11H2,(H,19,22). The maximum absolute atomic E-state index is 11.8. The average molecular weight is 341 g/mol. The molecule has 0 unspecified atom stereocenters. The van der Waals surface area contributed by atoms with Gasteiger partial charge in [0, 0.05) is 44.3 Å². The number of hydrogen-bond acceptors (Lipinski definition) is 5. The number of oxazole rings is 1. The second-order valence-electron chi connectivity index (χ2n) is 5.80. The van der Waals surface area contributed by atoms with Gasteiger partial charge in [-0.3, -0.25) is 19.3 Å². The number of hydrogen-bond donors (Lipinski definition) is 1. The molecule has 130 valence electrons. The van der Waals surface area contributed by atoms with Crippen LogP contribution in [0, 0.1) is 0 Å². The molecule has 1 aromatic heterocycles. The number of benzene rings is 1. The van der Waals surface area contributed by atoms with Crippen molar-refractivity contribution >= 4 is 17.7 Å². The van der Waals surface area contributed by atoms with Crippen LogP contribution in [0.5, 0.6) is 0 Å². The highest BCUT2D eigenvalue weighted by molar-refractivity contribution is 6.02. The molecule has 0 radical (unpaired) electrons. The highest BCUT2D eigenvalue weighted by Crippen LogP contribution is 2.18. The first-order chi connectivity index (χ1) is 12.1. The summed E-state index contributed by atoms with van der Waals surface area (Å²) in [6, 6.07) is 9.58. The minimum absolute atomic E-state index is 0.117. The molecular formula is C18H19N3O4. The van der Waals surface area contributed by atoms with Gasteiger partial charge in [-0.05, 0) is 12.1 Å². The van der Waals surface area contributed by atoms with Gasteiger partial charge in [0.1, 0.15) is 6.26 Å². The van der Waals surface area contributed by atoms with Crippen molar-refractivity contribution in [1.29, 1.82) is 0 Å². The van der Waals surface area contributed by atoms with E-state index in [2.05, 4.69) is 10.3 Å². The molecule has 3 amide bonds. The summed E-state index contributed by atoms with van der Waals surface area (Å²) in [5.74, 6) is -0.0464. The minimum atomic E-state index is -0.200. The van der Waals surface area contributed by atoms with Gasteiger partial charge in [0.2, 0.25) is 23.6 Å². The van der Waals surface area contributed by atoms with Gasteiger partial charge in [0.05, 0.1) is 5.69 Å². The number of carbonyl (C=O) groups excluding carboxylic acids is 3. The van der Waals surface area contributed by atoms with Gasteiger partial charge in [0.15, 0.2) is 0 Å². The van der Waals surface area contributed by atoms with E-state index in [0.717, 1.165) is 16.2 Å². The van der Waals surface area contributed by atoms with E-state index in [1.54, 1.807) is 6.26 Å². The van der Waals surface area contributed by atoms with Gasteiger partial charge in [0.25, 0.3) is 0 Å². The third-order valence-corrected chi connectivity index (χ3v) is 3.99. The van der Waals surface area contributed by atoms with Crippen molar-refractivity contribution in [2.24, 2.45) is 0 Å².